The Bertz CT molecular complexity index is 415. The van der Waals surface area contributed by atoms with Gasteiger partial charge in [0.1, 0.15) is 0 Å². The number of imide groups is 1. The Morgan fingerprint density at radius 1 is 1.31 bits per heavy atom. The van der Waals surface area contributed by atoms with Crippen LogP contribution in [0.15, 0.2) is 24.3 Å². The van der Waals surface area contributed by atoms with Crippen LogP contribution in [0.3, 0.4) is 0 Å². The molecule has 0 aliphatic carbocycles. The van der Waals surface area contributed by atoms with E-state index in [9.17, 15) is 9.59 Å². The molecule has 3 nitrogen and oxygen atoms in total. The molecule has 0 aromatic heterocycles. The molecule has 2 amide bonds. The lowest BCUT2D eigenvalue weighted by Gasteiger charge is -2.13. The molecule has 2 rings (SSSR count). The number of thioether (sulfide) groups is 1. The Kier molecular flexibility index (Phi) is 3.29. The minimum absolute atomic E-state index is 0.0862. The lowest BCUT2D eigenvalue weighted by molar-refractivity contribution is -0.125. The smallest absolute Gasteiger partial charge is 0.273 e. The molecule has 0 bridgehead atoms. The fraction of sp³-hybridized carbons (Fsp3) is 0.333. The molecule has 1 aromatic rings. The van der Waals surface area contributed by atoms with E-state index in [-0.39, 0.29) is 16.9 Å². The van der Waals surface area contributed by atoms with Crippen molar-refractivity contribution in [3.8, 4) is 0 Å². The highest BCUT2D eigenvalue weighted by molar-refractivity contribution is 8.14. The Morgan fingerprint density at radius 3 is 2.69 bits per heavy atom. The maximum Gasteiger partial charge on any atom is 0.289 e. The zero-order valence-corrected chi connectivity index (χ0v) is 9.92. The van der Waals surface area contributed by atoms with Crippen LogP contribution in [0.2, 0.25) is 0 Å². The van der Waals surface area contributed by atoms with Crippen molar-refractivity contribution < 1.29 is 9.59 Å². The third kappa shape index (κ3) is 2.27. The standard InChI is InChI=1S/C12H13NO2S/c1-2-9-4-3-5-10(6-9)7-13-11(14)8-16-12(13)15/h3-6H,2,7-8H2,1H3. The van der Waals surface area contributed by atoms with Gasteiger partial charge in [0, 0.05) is 0 Å². The molecule has 1 aromatic carbocycles. The first-order valence-electron chi connectivity index (χ1n) is 5.25. The van der Waals surface area contributed by atoms with Gasteiger partial charge in [0.05, 0.1) is 12.3 Å². The van der Waals surface area contributed by atoms with E-state index in [1.165, 1.54) is 10.5 Å². The summed E-state index contributed by atoms with van der Waals surface area (Å²) in [7, 11) is 0. The van der Waals surface area contributed by atoms with Gasteiger partial charge in [0.15, 0.2) is 0 Å². The molecule has 0 saturated carbocycles. The second-order valence-electron chi connectivity index (χ2n) is 3.71. The van der Waals surface area contributed by atoms with Gasteiger partial charge in [-0.1, -0.05) is 43.0 Å². The Morgan fingerprint density at radius 2 is 2.06 bits per heavy atom. The van der Waals surface area contributed by atoms with Crippen LogP contribution in [0, 0.1) is 0 Å². The number of amides is 2. The molecule has 1 heterocycles. The van der Waals surface area contributed by atoms with Crippen molar-refractivity contribution >= 4 is 22.9 Å². The third-order valence-corrected chi connectivity index (χ3v) is 3.44. The van der Waals surface area contributed by atoms with E-state index in [1.54, 1.807) is 0 Å². The van der Waals surface area contributed by atoms with E-state index in [2.05, 4.69) is 6.92 Å². The molecular formula is C12H13NO2S. The lowest BCUT2D eigenvalue weighted by Crippen LogP contribution is -2.27. The van der Waals surface area contributed by atoms with Crippen molar-refractivity contribution in [2.45, 2.75) is 19.9 Å². The van der Waals surface area contributed by atoms with Gasteiger partial charge in [0.2, 0.25) is 5.91 Å². The zero-order valence-electron chi connectivity index (χ0n) is 9.10. The monoisotopic (exact) mass is 235 g/mol. The highest BCUT2D eigenvalue weighted by Crippen LogP contribution is 2.21. The molecule has 4 heteroatoms. The maximum absolute atomic E-state index is 11.4. The summed E-state index contributed by atoms with van der Waals surface area (Å²) in [6, 6.07) is 8.00. The number of aryl methyl sites for hydroxylation is 1. The molecule has 0 N–H and O–H groups in total. The van der Waals surface area contributed by atoms with E-state index in [1.807, 2.05) is 24.3 Å². The minimum Gasteiger partial charge on any atom is -0.273 e. The molecule has 84 valence electrons. The number of carbonyl (C=O) groups is 2. The van der Waals surface area contributed by atoms with E-state index >= 15 is 0 Å². The number of hydrogen-bond acceptors (Lipinski definition) is 3. The molecule has 0 spiro atoms. The van der Waals surface area contributed by atoms with E-state index in [0.29, 0.717) is 6.54 Å². The summed E-state index contributed by atoms with van der Waals surface area (Å²) in [6.07, 6.45) is 0.963. The largest absolute Gasteiger partial charge is 0.289 e. The van der Waals surface area contributed by atoms with Crippen molar-refractivity contribution in [2.75, 3.05) is 5.75 Å². The van der Waals surface area contributed by atoms with Gasteiger partial charge in [-0.15, -0.1) is 0 Å². The second kappa shape index (κ2) is 4.70. The fourth-order valence-corrected chi connectivity index (χ4v) is 2.39. The predicted molar refractivity (Wildman–Crippen MR) is 64.2 cm³/mol. The van der Waals surface area contributed by atoms with Crippen LogP contribution in [-0.4, -0.2) is 21.8 Å². The molecular weight excluding hydrogens is 222 g/mol. The third-order valence-electron chi connectivity index (χ3n) is 2.58. The highest BCUT2D eigenvalue weighted by Gasteiger charge is 2.29. The molecule has 1 aliphatic rings. The van der Waals surface area contributed by atoms with Crippen molar-refractivity contribution in [1.82, 2.24) is 4.90 Å². The first kappa shape index (κ1) is 11.2. The van der Waals surface area contributed by atoms with Crippen LogP contribution in [-0.2, 0) is 17.8 Å². The number of hydrogen-bond donors (Lipinski definition) is 0. The number of benzene rings is 1. The van der Waals surface area contributed by atoms with Crippen LogP contribution < -0.4 is 0 Å². The van der Waals surface area contributed by atoms with Crippen molar-refractivity contribution in [3.63, 3.8) is 0 Å². The first-order valence-corrected chi connectivity index (χ1v) is 6.24. The topological polar surface area (TPSA) is 37.4 Å². The molecule has 0 unspecified atom stereocenters. The van der Waals surface area contributed by atoms with Crippen LogP contribution >= 0.6 is 11.8 Å². The first-order chi connectivity index (χ1) is 7.70. The van der Waals surface area contributed by atoms with Gasteiger partial charge in [-0.2, -0.15) is 0 Å². The van der Waals surface area contributed by atoms with Crippen LogP contribution in [0.25, 0.3) is 0 Å². The molecule has 1 aliphatic heterocycles. The maximum atomic E-state index is 11.4. The molecule has 0 radical (unpaired) electrons. The van der Waals surface area contributed by atoms with Gasteiger partial charge in [0.25, 0.3) is 5.24 Å². The zero-order chi connectivity index (χ0) is 11.5. The summed E-state index contributed by atoms with van der Waals surface area (Å²) in [5, 5.41) is -0.132. The summed E-state index contributed by atoms with van der Waals surface area (Å²) in [5.41, 5.74) is 2.24. The summed E-state index contributed by atoms with van der Waals surface area (Å²) >= 11 is 1.08. The van der Waals surface area contributed by atoms with Crippen LogP contribution in [0.1, 0.15) is 18.1 Å². The van der Waals surface area contributed by atoms with Gasteiger partial charge in [-0.05, 0) is 17.5 Å². The van der Waals surface area contributed by atoms with E-state index in [0.717, 1.165) is 23.7 Å². The minimum atomic E-state index is -0.132. The van der Waals surface area contributed by atoms with Gasteiger partial charge in [-0.25, -0.2) is 0 Å². The molecule has 0 atom stereocenters. The highest BCUT2D eigenvalue weighted by atomic mass is 32.2. The molecule has 16 heavy (non-hydrogen) atoms. The summed E-state index contributed by atoms with van der Waals surface area (Å²) in [6.45, 7) is 2.49. The number of nitrogens with zero attached hydrogens (tertiary/aromatic N) is 1. The fourth-order valence-electron chi connectivity index (χ4n) is 1.66. The average molecular weight is 235 g/mol. The number of carbonyl (C=O) groups excluding carboxylic acids is 2. The van der Waals surface area contributed by atoms with Crippen LogP contribution in [0.5, 0.6) is 0 Å². The average Bonchev–Trinajstić information content (AvgIpc) is 2.61. The summed E-state index contributed by atoms with van der Waals surface area (Å²) < 4.78 is 0. The predicted octanol–water partition coefficient (Wildman–Crippen LogP) is 2.44. The van der Waals surface area contributed by atoms with Crippen molar-refractivity contribution in [3.05, 3.63) is 35.4 Å². The molecule has 1 saturated heterocycles. The SMILES string of the molecule is CCc1cccc(CN2C(=O)CSC2=O)c1. The lowest BCUT2D eigenvalue weighted by atomic mass is 10.1. The van der Waals surface area contributed by atoms with Gasteiger partial charge < -0.3 is 0 Å². The quantitative estimate of drug-likeness (QED) is 0.807. The second-order valence-corrected chi connectivity index (χ2v) is 4.63. The summed E-state index contributed by atoms with van der Waals surface area (Å²) in [5.74, 6) is 0.198. The number of rotatable bonds is 3. The molecule has 1 fully saturated rings. The van der Waals surface area contributed by atoms with Gasteiger partial charge in [-0.3, -0.25) is 14.5 Å². The van der Waals surface area contributed by atoms with E-state index in [4.69, 9.17) is 0 Å². The Hall–Kier alpha value is -1.29. The summed E-state index contributed by atoms with van der Waals surface area (Å²) in [4.78, 5) is 24.2. The van der Waals surface area contributed by atoms with Crippen molar-refractivity contribution in [2.24, 2.45) is 0 Å². The Labute approximate surface area is 98.8 Å². The van der Waals surface area contributed by atoms with Crippen molar-refractivity contribution in [1.29, 1.82) is 0 Å². The Balaban J connectivity index is 2.14. The normalized spacial score (nSPS) is 15.9. The van der Waals surface area contributed by atoms with E-state index < -0.39 is 0 Å². The van der Waals surface area contributed by atoms with Crippen LogP contribution in [0.4, 0.5) is 4.79 Å². The van der Waals surface area contributed by atoms with Gasteiger partial charge >= 0.3 is 0 Å².